The van der Waals surface area contributed by atoms with Gasteiger partial charge in [-0.05, 0) is 30.7 Å². The van der Waals surface area contributed by atoms with Gasteiger partial charge in [-0.1, -0.05) is 0 Å². The average Bonchev–Trinajstić information content (AvgIpc) is 3.07. The minimum Gasteiger partial charge on any atom is -0.488 e. The summed E-state index contributed by atoms with van der Waals surface area (Å²) in [5.41, 5.74) is 9.68. The summed E-state index contributed by atoms with van der Waals surface area (Å²) in [6, 6.07) is 8.06. The Kier molecular flexibility index (Phi) is 4.58. The molecule has 0 radical (unpaired) electrons. The van der Waals surface area contributed by atoms with Crippen molar-refractivity contribution in [3.8, 4) is 16.9 Å². The Hall–Kier alpha value is -3.13. The fraction of sp³-hybridized carbons (Fsp3) is 0.409. The van der Waals surface area contributed by atoms with Crippen LogP contribution in [0.5, 0.6) is 5.75 Å². The molecule has 5 rings (SSSR count). The van der Waals surface area contributed by atoms with Crippen LogP contribution in [0.1, 0.15) is 25.5 Å². The number of ether oxygens (including phenoxy) is 2. The molecule has 3 aromatic rings. The SMILES string of the molecule is CC(=O)N1C2COCC1CC(Oc1cnc(C)cc1-c1ccn3nc(N)cc3c1)C2. The third-order valence-electron chi connectivity index (χ3n) is 5.93. The van der Waals surface area contributed by atoms with Crippen LogP contribution in [0.3, 0.4) is 0 Å². The van der Waals surface area contributed by atoms with Gasteiger partial charge in [0.05, 0.1) is 37.0 Å². The van der Waals surface area contributed by atoms with E-state index in [0.29, 0.717) is 19.0 Å². The number of nitrogens with two attached hydrogens (primary N) is 1. The summed E-state index contributed by atoms with van der Waals surface area (Å²) in [6.07, 6.45) is 5.21. The van der Waals surface area contributed by atoms with Crippen LogP contribution in [0.15, 0.2) is 36.7 Å². The molecular weight excluding hydrogens is 382 g/mol. The number of carbonyl (C=O) groups excluding carboxylic acids is 1. The molecule has 30 heavy (non-hydrogen) atoms. The number of piperidine rings is 1. The number of morpholine rings is 1. The van der Waals surface area contributed by atoms with Gasteiger partial charge >= 0.3 is 0 Å². The molecule has 2 bridgehead atoms. The van der Waals surface area contributed by atoms with Crippen molar-refractivity contribution in [2.75, 3.05) is 18.9 Å². The third-order valence-corrected chi connectivity index (χ3v) is 5.93. The Bertz CT molecular complexity index is 1100. The molecule has 0 spiro atoms. The number of hydrogen-bond donors (Lipinski definition) is 1. The Morgan fingerprint density at radius 2 is 2.00 bits per heavy atom. The van der Waals surface area contributed by atoms with Crippen LogP contribution >= 0.6 is 0 Å². The maximum atomic E-state index is 12.1. The molecule has 1 amide bonds. The largest absolute Gasteiger partial charge is 0.488 e. The van der Waals surface area contributed by atoms with Gasteiger partial charge in [0, 0.05) is 43.3 Å². The first-order valence-electron chi connectivity index (χ1n) is 10.2. The number of amides is 1. The van der Waals surface area contributed by atoms with E-state index in [0.717, 1.165) is 40.9 Å². The number of pyridine rings is 2. The van der Waals surface area contributed by atoms with E-state index in [-0.39, 0.29) is 24.1 Å². The first kappa shape index (κ1) is 18.9. The van der Waals surface area contributed by atoms with Gasteiger partial charge in [-0.3, -0.25) is 9.78 Å². The molecule has 0 aliphatic carbocycles. The van der Waals surface area contributed by atoms with Crippen LogP contribution in [0.2, 0.25) is 0 Å². The molecule has 8 heteroatoms. The molecule has 2 N–H and O–H groups in total. The van der Waals surface area contributed by atoms with Crippen molar-refractivity contribution in [1.29, 1.82) is 0 Å². The van der Waals surface area contributed by atoms with Gasteiger partial charge in [-0.15, -0.1) is 0 Å². The lowest BCUT2D eigenvalue weighted by molar-refractivity contribution is -0.153. The minimum absolute atomic E-state index is 0.0112. The van der Waals surface area contributed by atoms with Crippen LogP contribution in [0.4, 0.5) is 5.82 Å². The molecule has 2 aliphatic heterocycles. The summed E-state index contributed by atoms with van der Waals surface area (Å²) in [5.74, 6) is 1.34. The highest BCUT2D eigenvalue weighted by atomic mass is 16.5. The van der Waals surface area contributed by atoms with E-state index >= 15 is 0 Å². The number of fused-ring (bicyclic) bond motifs is 3. The molecule has 2 unspecified atom stereocenters. The van der Waals surface area contributed by atoms with E-state index in [1.165, 1.54) is 0 Å². The topological polar surface area (TPSA) is 95.0 Å². The van der Waals surface area contributed by atoms with Crippen molar-refractivity contribution < 1.29 is 14.3 Å². The predicted molar refractivity (Wildman–Crippen MR) is 112 cm³/mol. The van der Waals surface area contributed by atoms with Gasteiger partial charge in [0.15, 0.2) is 0 Å². The van der Waals surface area contributed by atoms with E-state index in [1.54, 1.807) is 17.6 Å². The van der Waals surface area contributed by atoms with Gasteiger partial charge < -0.3 is 20.1 Å². The second-order valence-corrected chi connectivity index (χ2v) is 8.16. The monoisotopic (exact) mass is 407 g/mol. The molecule has 3 aromatic heterocycles. The highest BCUT2D eigenvalue weighted by Gasteiger charge is 2.41. The first-order chi connectivity index (χ1) is 14.5. The van der Waals surface area contributed by atoms with Crippen LogP contribution in [-0.4, -0.2) is 56.8 Å². The standard InChI is InChI=1S/C22H25N5O3/c1-13-5-20(15-3-4-26-16(6-15)9-22(23)25-26)21(10-24-13)30-19-7-17-11-29-12-18(8-19)27(17)14(2)28/h3-6,9-10,17-19H,7-8,11-12H2,1-2H3,(H2,23,25). The Balaban J connectivity index is 1.45. The van der Waals surface area contributed by atoms with E-state index < -0.39 is 0 Å². The van der Waals surface area contributed by atoms with E-state index in [1.807, 2.05) is 42.3 Å². The van der Waals surface area contributed by atoms with Crippen molar-refractivity contribution in [1.82, 2.24) is 19.5 Å². The number of aromatic nitrogens is 3. The van der Waals surface area contributed by atoms with Gasteiger partial charge in [-0.2, -0.15) is 5.10 Å². The second kappa shape index (κ2) is 7.28. The number of rotatable bonds is 3. The van der Waals surface area contributed by atoms with E-state index in [2.05, 4.69) is 10.1 Å². The van der Waals surface area contributed by atoms with E-state index in [4.69, 9.17) is 15.2 Å². The number of carbonyl (C=O) groups is 1. The van der Waals surface area contributed by atoms with Crippen molar-refractivity contribution in [3.05, 3.63) is 42.4 Å². The highest BCUT2D eigenvalue weighted by Crippen LogP contribution is 2.35. The maximum Gasteiger partial charge on any atom is 0.220 e. The summed E-state index contributed by atoms with van der Waals surface area (Å²) in [7, 11) is 0. The van der Waals surface area contributed by atoms with Crippen molar-refractivity contribution in [2.24, 2.45) is 0 Å². The molecule has 2 fully saturated rings. The van der Waals surface area contributed by atoms with Crippen LogP contribution in [-0.2, 0) is 9.53 Å². The Morgan fingerprint density at radius 1 is 1.23 bits per heavy atom. The quantitative estimate of drug-likeness (QED) is 0.717. The van der Waals surface area contributed by atoms with Crippen molar-refractivity contribution >= 4 is 17.2 Å². The molecular formula is C22H25N5O3. The summed E-state index contributed by atoms with van der Waals surface area (Å²) < 4.78 is 13.9. The van der Waals surface area contributed by atoms with Crippen LogP contribution in [0, 0.1) is 6.92 Å². The van der Waals surface area contributed by atoms with Gasteiger partial charge in [0.25, 0.3) is 0 Å². The van der Waals surface area contributed by atoms with Gasteiger partial charge in [0.1, 0.15) is 17.7 Å². The number of nitrogens with zero attached hydrogens (tertiary/aromatic N) is 4. The maximum absolute atomic E-state index is 12.1. The number of nitrogen functional groups attached to an aromatic ring is 1. The molecule has 0 saturated carbocycles. The molecule has 2 saturated heterocycles. The summed E-state index contributed by atoms with van der Waals surface area (Å²) in [5, 5.41) is 4.24. The number of anilines is 1. The second-order valence-electron chi connectivity index (χ2n) is 8.16. The van der Waals surface area contributed by atoms with Crippen LogP contribution < -0.4 is 10.5 Å². The van der Waals surface area contributed by atoms with Crippen LogP contribution in [0.25, 0.3) is 16.6 Å². The average molecular weight is 407 g/mol. The van der Waals surface area contributed by atoms with Crippen molar-refractivity contribution in [2.45, 2.75) is 44.9 Å². The zero-order valence-electron chi connectivity index (χ0n) is 17.1. The Labute approximate surface area is 174 Å². The van der Waals surface area contributed by atoms with E-state index in [9.17, 15) is 4.79 Å². The molecule has 2 atom stereocenters. The zero-order chi connectivity index (χ0) is 20.8. The minimum atomic E-state index is 0.0112. The number of hydrogen-bond acceptors (Lipinski definition) is 6. The molecule has 2 aliphatic rings. The highest BCUT2D eigenvalue weighted by molar-refractivity contribution is 5.75. The fourth-order valence-corrected chi connectivity index (χ4v) is 4.70. The molecule has 8 nitrogen and oxygen atoms in total. The van der Waals surface area contributed by atoms with Gasteiger partial charge in [0.2, 0.25) is 5.91 Å². The smallest absolute Gasteiger partial charge is 0.220 e. The summed E-state index contributed by atoms with van der Waals surface area (Å²) >= 11 is 0. The summed E-state index contributed by atoms with van der Waals surface area (Å²) in [6.45, 7) is 4.73. The summed E-state index contributed by atoms with van der Waals surface area (Å²) in [4.78, 5) is 18.5. The van der Waals surface area contributed by atoms with Gasteiger partial charge in [-0.25, -0.2) is 4.52 Å². The molecule has 5 heterocycles. The predicted octanol–water partition coefficient (Wildman–Crippen LogP) is 2.44. The Morgan fingerprint density at radius 3 is 2.73 bits per heavy atom. The lowest BCUT2D eigenvalue weighted by atomic mass is 9.91. The third kappa shape index (κ3) is 3.37. The fourth-order valence-electron chi connectivity index (χ4n) is 4.70. The molecule has 156 valence electrons. The first-order valence-corrected chi connectivity index (χ1v) is 10.2. The normalized spacial score (nSPS) is 23.5. The lowest BCUT2D eigenvalue weighted by Crippen LogP contribution is -2.60. The lowest BCUT2D eigenvalue weighted by Gasteiger charge is -2.47. The molecule has 0 aromatic carbocycles. The van der Waals surface area contributed by atoms with Crippen molar-refractivity contribution in [3.63, 3.8) is 0 Å². The zero-order valence-corrected chi connectivity index (χ0v) is 17.1. The number of aryl methyl sites for hydroxylation is 1.